The fourth-order valence-corrected chi connectivity index (χ4v) is 1.63. The van der Waals surface area contributed by atoms with Crippen molar-refractivity contribution in [3.63, 3.8) is 0 Å². The first-order valence-electron chi connectivity index (χ1n) is 5.60. The lowest BCUT2D eigenvalue weighted by Crippen LogP contribution is -2.37. The monoisotopic (exact) mass is 267 g/mol. The normalized spacial score (nSPS) is 12.9. The van der Waals surface area contributed by atoms with Gasteiger partial charge in [-0.1, -0.05) is 0 Å². The fraction of sp³-hybridized carbons (Fsp3) is 0.545. The first-order valence-corrected chi connectivity index (χ1v) is 6.11. The van der Waals surface area contributed by atoms with Crippen molar-refractivity contribution >= 4 is 18.6 Å². The van der Waals surface area contributed by atoms with Gasteiger partial charge in [-0.2, -0.15) is 17.9 Å². The number of aryl methyl sites for hydroxylation is 2. The molecule has 7 heteroatoms. The van der Waals surface area contributed by atoms with Gasteiger partial charge in [-0.3, -0.25) is 10.3 Å². The number of aromatic nitrogens is 1. The van der Waals surface area contributed by atoms with Crippen LogP contribution in [0.15, 0.2) is 15.8 Å². The molecular formula is C11H17N5OS. The number of guanidine groups is 1. The molecule has 18 heavy (non-hydrogen) atoms. The summed E-state index contributed by atoms with van der Waals surface area (Å²) in [6.07, 6.45) is 4.92. The SMILES string of the molecule is CN=C(NC#N)NCC(S)CCc1ocnc1C. The average Bonchev–Trinajstić information content (AvgIpc) is 2.77. The Morgan fingerprint density at radius 3 is 3.06 bits per heavy atom. The van der Waals surface area contributed by atoms with Crippen LogP contribution in [0.5, 0.6) is 0 Å². The molecule has 1 unspecified atom stereocenters. The third-order valence-electron chi connectivity index (χ3n) is 2.45. The molecule has 1 heterocycles. The van der Waals surface area contributed by atoms with Gasteiger partial charge >= 0.3 is 0 Å². The number of aliphatic imine (C=N–C) groups is 1. The minimum absolute atomic E-state index is 0.145. The van der Waals surface area contributed by atoms with E-state index < -0.39 is 0 Å². The van der Waals surface area contributed by atoms with E-state index in [1.165, 1.54) is 6.39 Å². The van der Waals surface area contributed by atoms with Crippen molar-refractivity contribution in [1.82, 2.24) is 15.6 Å². The number of nitrogens with zero attached hydrogens (tertiary/aromatic N) is 3. The van der Waals surface area contributed by atoms with Gasteiger partial charge < -0.3 is 9.73 Å². The Balaban J connectivity index is 2.28. The zero-order valence-electron chi connectivity index (χ0n) is 10.5. The maximum atomic E-state index is 8.47. The molecule has 0 saturated heterocycles. The van der Waals surface area contributed by atoms with Gasteiger partial charge in [-0.15, -0.1) is 0 Å². The van der Waals surface area contributed by atoms with Crippen molar-refractivity contribution in [3.8, 4) is 6.19 Å². The van der Waals surface area contributed by atoms with Crippen LogP contribution >= 0.6 is 12.6 Å². The van der Waals surface area contributed by atoms with Crippen LogP contribution in [0.1, 0.15) is 17.9 Å². The number of oxazole rings is 1. The molecule has 0 radical (unpaired) electrons. The lowest BCUT2D eigenvalue weighted by atomic mass is 10.2. The van der Waals surface area contributed by atoms with E-state index in [1.807, 2.05) is 13.1 Å². The summed E-state index contributed by atoms with van der Waals surface area (Å²) in [7, 11) is 1.61. The van der Waals surface area contributed by atoms with Gasteiger partial charge in [0.2, 0.25) is 5.96 Å². The van der Waals surface area contributed by atoms with Crippen LogP contribution in [0.3, 0.4) is 0 Å². The zero-order chi connectivity index (χ0) is 13.4. The zero-order valence-corrected chi connectivity index (χ0v) is 11.4. The summed E-state index contributed by atoms with van der Waals surface area (Å²) in [6.45, 7) is 2.54. The molecule has 0 amide bonds. The minimum Gasteiger partial charge on any atom is -0.448 e. The quantitative estimate of drug-likeness (QED) is 0.242. The van der Waals surface area contributed by atoms with Crippen LogP contribution in [0, 0.1) is 18.4 Å². The van der Waals surface area contributed by atoms with E-state index in [0.717, 1.165) is 24.3 Å². The molecule has 0 aromatic carbocycles. The maximum Gasteiger partial charge on any atom is 0.204 e. The first kappa shape index (κ1) is 14.4. The second-order valence-corrected chi connectivity index (χ2v) is 4.47. The molecule has 6 nitrogen and oxygen atoms in total. The first-order chi connectivity index (χ1) is 8.67. The Bertz CT molecular complexity index is 437. The Kier molecular flexibility index (Phi) is 6.08. The van der Waals surface area contributed by atoms with Gasteiger partial charge in [0.15, 0.2) is 12.6 Å². The van der Waals surface area contributed by atoms with E-state index >= 15 is 0 Å². The van der Waals surface area contributed by atoms with Crippen LogP contribution in [0.25, 0.3) is 0 Å². The third kappa shape index (κ3) is 4.67. The molecule has 0 spiro atoms. The van der Waals surface area contributed by atoms with Gasteiger partial charge in [0.1, 0.15) is 5.76 Å². The van der Waals surface area contributed by atoms with Gasteiger partial charge in [0, 0.05) is 25.3 Å². The molecule has 0 aliphatic carbocycles. The number of hydrogen-bond donors (Lipinski definition) is 3. The fourth-order valence-electron chi connectivity index (χ4n) is 1.41. The molecule has 98 valence electrons. The molecule has 1 aromatic rings. The van der Waals surface area contributed by atoms with Crippen LogP contribution in [-0.2, 0) is 6.42 Å². The summed E-state index contributed by atoms with van der Waals surface area (Å²) in [5.74, 6) is 1.35. The molecule has 0 aliphatic heterocycles. The summed E-state index contributed by atoms with van der Waals surface area (Å²) in [6, 6.07) is 0. The Hall–Kier alpha value is -1.68. The summed E-state index contributed by atoms with van der Waals surface area (Å²) in [5.41, 5.74) is 0.922. The van der Waals surface area contributed by atoms with E-state index in [4.69, 9.17) is 9.68 Å². The van der Waals surface area contributed by atoms with E-state index in [9.17, 15) is 0 Å². The highest BCUT2D eigenvalue weighted by atomic mass is 32.1. The lowest BCUT2D eigenvalue weighted by molar-refractivity contribution is 0.492. The van der Waals surface area contributed by atoms with Crippen molar-refractivity contribution in [2.75, 3.05) is 13.6 Å². The van der Waals surface area contributed by atoms with Crippen LogP contribution in [0.4, 0.5) is 0 Å². The number of nitrogens with one attached hydrogen (secondary N) is 2. The molecule has 0 saturated carbocycles. The van der Waals surface area contributed by atoms with Crippen LogP contribution < -0.4 is 10.6 Å². The minimum atomic E-state index is 0.145. The predicted octanol–water partition coefficient (Wildman–Crippen LogP) is 0.860. The van der Waals surface area contributed by atoms with Gasteiger partial charge in [0.05, 0.1) is 5.69 Å². The maximum absolute atomic E-state index is 8.47. The van der Waals surface area contributed by atoms with Crippen molar-refractivity contribution in [1.29, 1.82) is 5.26 Å². The van der Waals surface area contributed by atoms with Gasteiger partial charge in [-0.25, -0.2) is 4.98 Å². The smallest absolute Gasteiger partial charge is 0.204 e. The van der Waals surface area contributed by atoms with Crippen molar-refractivity contribution < 1.29 is 4.42 Å². The number of rotatable bonds is 5. The molecule has 1 atom stereocenters. The Labute approximate surface area is 112 Å². The van der Waals surface area contributed by atoms with E-state index in [-0.39, 0.29) is 5.25 Å². The number of nitriles is 1. The van der Waals surface area contributed by atoms with Crippen molar-refractivity contribution in [2.24, 2.45) is 4.99 Å². The highest BCUT2D eigenvalue weighted by Crippen LogP contribution is 2.11. The second-order valence-electron chi connectivity index (χ2n) is 3.74. The molecule has 2 N–H and O–H groups in total. The predicted molar refractivity (Wildman–Crippen MR) is 72.4 cm³/mol. The lowest BCUT2D eigenvalue weighted by Gasteiger charge is -2.12. The molecular weight excluding hydrogens is 250 g/mol. The summed E-state index contributed by atoms with van der Waals surface area (Å²) in [4.78, 5) is 7.92. The second kappa shape index (κ2) is 7.61. The highest BCUT2D eigenvalue weighted by Gasteiger charge is 2.08. The summed E-state index contributed by atoms with van der Waals surface area (Å²) >= 11 is 4.47. The molecule has 0 fully saturated rings. The number of thiol groups is 1. The van der Waals surface area contributed by atoms with Crippen LogP contribution in [-0.4, -0.2) is 29.8 Å². The van der Waals surface area contributed by atoms with Crippen molar-refractivity contribution in [3.05, 3.63) is 17.8 Å². The largest absolute Gasteiger partial charge is 0.448 e. The van der Waals surface area contributed by atoms with Crippen molar-refractivity contribution in [2.45, 2.75) is 25.0 Å². The highest BCUT2D eigenvalue weighted by molar-refractivity contribution is 7.81. The standard InChI is InChI=1S/C11H17N5OS/c1-8-10(17-7-16-8)4-3-9(18)5-14-11(13-2)15-6-12/h7,9,18H,3-5H2,1-2H3,(H2,13,14,15). The number of hydrogen-bond acceptors (Lipinski definition) is 5. The van der Waals surface area contributed by atoms with E-state index in [0.29, 0.717) is 12.5 Å². The molecule has 1 aromatic heterocycles. The van der Waals surface area contributed by atoms with E-state index in [2.05, 4.69) is 33.2 Å². The Morgan fingerprint density at radius 1 is 1.72 bits per heavy atom. The third-order valence-corrected chi connectivity index (χ3v) is 2.89. The molecule has 1 rings (SSSR count). The molecule has 0 bridgehead atoms. The topological polar surface area (TPSA) is 86.2 Å². The Morgan fingerprint density at radius 2 is 2.50 bits per heavy atom. The van der Waals surface area contributed by atoms with Gasteiger partial charge in [0.25, 0.3) is 0 Å². The van der Waals surface area contributed by atoms with E-state index in [1.54, 1.807) is 7.05 Å². The molecule has 0 aliphatic rings. The summed E-state index contributed by atoms with van der Waals surface area (Å²) in [5, 5.41) is 14.1. The van der Waals surface area contributed by atoms with Crippen LogP contribution in [0.2, 0.25) is 0 Å². The summed E-state index contributed by atoms with van der Waals surface area (Å²) < 4.78 is 5.26. The van der Waals surface area contributed by atoms with Gasteiger partial charge in [-0.05, 0) is 13.3 Å². The average molecular weight is 267 g/mol.